The third kappa shape index (κ3) is 3.78. The van der Waals surface area contributed by atoms with Gasteiger partial charge in [0.1, 0.15) is 6.10 Å². The van der Waals surface area contributed by atoms with Gasteiger partial charge in [-0.15, -0.1) is 0 Å². The molecule has 6 nitrogen and oxygen atoms in total. The highest BCUT2D eigenvalue weighted by Crippen LogP contribution is 2.21. The van der Waals surface area contributed by atoms with Gasteiger partial charge in [0.15, 0.2) is 0 Å². The lowest BCUT2D eigenvalue weighted by Gasteiger charge is -2.29. The van der Waals surface area contributed by atoms with Gasteiger partial charge in [0.25, 0.3) is 5.91 Å². The van der Waals surface area contributed by atoms with Gasteiger partial charge < -0.3 is 15.0 Å². The number of hydrogen-bond acceptors (Lipinski definition) is 4. The van der Waals surface area contributed by atoms with E-state index in [1.807, 2.05) is 50.6 Å². The van der Waals surface area contributed by atoms with Crippen LogP contribution in [0.2, 0.25) is 0 Å². The molecule has 1 saturated heterocycles. The summed E-state index contributed by atoms with van der Waals surface area (Å²) in [6.07, 6.45) is 1.54. The number of aromatic nitrogens is 2. The molecule has 1 aromatic heterocycles. The summed E-state index contributed by atoms with van der Waals surface area (Å²) in [4.78, 5) is 14.4. The summed E-state index contributed by atoms with van der Waals surface area (Å²) in [5.74, 6) is -0.0700. The number of benzene rings is 1. The summed E-state index contributed by atoms with van der Waals surface area (Å²) < 4.78 is 7.32. The van der Waals surface area contributed by atoms with Crippen LogP contribution in [0.5, 0.6) is 0 Å². The van der Waals surface area contributed by atoms with Crippen LogP contribution in [0.15, 0.2) is 36.5 Å². The minimum Gasteiger partial charge on any atom is -0.366 e. The van der Waals surface area contributed by atoms with Crippen LogP contribution in [0, 0.1) is 0 Å². The third-order valence-electron chi connectivity index (χ3n) is 3.97. The van der Waals surface area contributed by atoms with Crippen molar-refractivity contribution in [1.82, 2.24) is 20.0 Å². The van der Waals surface area contributed by atoms with Crippen molar-refractivity contribution in [3.63, 3.8) is 0 Å². The summed E-state index contributed by atoms with van der Waals surface area (Å²) in [5, 5.41) is 7.48. The molecule has 1 fully saturated rings. The molecule has 0 bridgehead atoms. The number of nitrogens with zero attached hydrogens (tertiary/aromatic N) is 3. The normalized spacial score (nSPS) is 18.8. The molecule has 23 heavy (non-hydrogen) atoms. The first-order valence-electron chi connectivity index (χ1n) is 7.79. The average Bonchev–Trinajstić information content (AvgIpc) is 2.94. The molecular formula is C17H22N4O2. The molecule has 1 aliphatic heterocycles. The lowest BCUT2D eigenvalue weighted by Crippen LogP contribution is -2.48. The first kappa shape index (κ1) is 15.7. The van der Waals surface area contributed by atoms with E-state index in [-0.39, 0.29) is 5.91 Å². The molecule has 3 rings (SSSR count). The highest BCUT2D eigenvalue weighted by atomic mass is 16.5. The maximum Gasteiger partial charge on any atom is 0.250 e. The number of aryl methyl sites for hydroxylation is 1. The Bertz CT molecular complexity index is 668. The van der Waals surface area contributed by atoms with E-state index in [1.54, 1.807) is 4.68 Å². The number of amides is 1. The van der Waals surface area contributed by atoms with Crippen LogP contribution in [0.25, 0.3) is 11.3 Å². The zero-order valence-electron chi connectivity index (χ0n) is 13.5. The SMILES string of the molecule is CN1CCO[C@@H](C(=O)NCc2cn(C)nc2-c2ccccc2)C1. The van der Waals surface area contributed by atoms with Crippen LogP contribution < -0.4 is 5.32 Å². The molecule has 0 radical (unpaired) electrons. The minimum absolute atomic E-state index is 0.0700. The van der Waals surface area contributed by atoms with Crippen molar-refractivity contribution in [2.75, 3.05) is 26.7 Å². The van der Waals surface area contributed by atoms with Gasteiger partial charge in [-0.25, -0.2) is 0 Å². The predicted molar refractivity (Wildman–Crippen MR) is 87.7 cm³/mol. The standard InChI is InChI=1S/C17H22N4O2/c1-20-8-9-23-15(12-20)17(22)18-10-14-11-21(2)19-16(14)13-6-4-3-5-7-13/h3-7,11,15H,8-10,12H2,1-2H3,(H,18,22)/t15-/m1/s1. The van der Waals surface area contributed by atoms with Crippen LogP contribution in [0.3, 0.4) is 0 Å². The fraction of sp³-hybridized carbons (Fsp3) is 0.412. The van der Waals surface area contributed by atoms with Crippen molar-refractivity contribution in [3.8, 4) is 11.3 Å². The molecule has 1 aliphatic rings. The monoisotopic (exact) mass is 314 g/mol. The molecule has 2 heterocycles. The Morgan fingerprint density at radius 1 is 1.35 bits per heavy atom. The molecule has 122 valence electrons. The van der Waals surface area contributed by atoms with Crippen LogP contribution >= 0.6 is 0 Å². The van der Waals surface area contributed by atoms with E-state index in [9.17, 15) is 4.79 Å². The number of carbonyl (C=O) groups is 1. The number of rotatable bonds is 4. The number of hydrogen-bond donors (Lipinski definition) is 1. The number of nitrogens with one attached hydrogen (secondary N) is 1. The van der Waals surface area contributed by atoms with Crippen molar-refractivity contribution >= 4 is 5.91 Å². The Balaban J connectivity index is 1.68. The fourth-order valence-electron chi connectivity index (χ4n) is 2.74. The second kappa shape index (κ2) is 6.93. The number of likely N-dealkylation sites (N-methyl/N-ethyl adjacent to an activating group) is 1. The molecule has 0 unspecified atom stereocenters. The molecule has 2 aromatic rings. The van der Waals surface area contributed by atoms with Crippen molar-refractivity contribution in [2.45, 2.75) is 12.6 Å². The fourth-order valence-corrected chi connectivity index (χ4v) is 2.74. The number of ether oxygens (including phenoxy) is 1. The minimum atomic E-state index is -0.398. The van der Waals surface area contributed by atoms with E-state index < -0.39 is 6.10 Å². The van der Waals surface area contributed by atoms with Gasteiger partial charge >= 0.3 is 0 Å². The maximum atomic E-state index is 12.3. The molecule has 0 spiro atoms. The Morgan fingerprint density at radius 2 is 2.13 bits per heavy atom. The van der Waals surface area contributed by atoms with E-state index >= 15 is 0 Å². The van der Waals surface area contributed by atoms with Crippen LogP contribution in [-0.2, 0) is 23.1 Å². The second-order valence-electron chi connectivity index (χ2n) is 5.88. The lowest BCUT2D eigenvalue weighted by molar-refractivity contribution is -0.137. The molecule has 0 aliphatic carbocycles. The summed E-state index contributed by atoms with van der Waals surface area (Å²) in [7, 11) is 3.88. The molecule has 1 N–H and O–H groups in total. The Labute approximate surface area is 136 Å². The zero-order valence-corrected chi connectivity index (χ0v) is 13.5. The quantitative estimate of drug-likeness (QED) is 0.916. The first-order valence-corrected chi connectivity index (χ1v) is 7.79. The van der Waals surface area contributed by atoms with E-state index in [0.717, 1.165) is 23.4 Å². The van der Waals surface area contributed by atoms with Crippen LogP contribution in [0.4, 0.5) is 0 Å². The van der Waals surface area contributed by atoms with E-state index in [0.29, 0.717) is 19.7 Å². The van der Waals surface area contributed by atoms with Crippen molar-refractivity contribution in [3.05, 3.63) is 42.1 Å². The van der Waals surface area contributed by atoms with Gasteiger partial charge in [-0.05, 0) is 7.05 Å². The summed E-state index contributed by atoms with van der Waals surface area (Å²) in [6, 6.07) is 9.99. The van der Waals surface area contributed by atoms with Crippen molar-refractivity contribution in [1.29, 1.82) is 0 Å². The van der Waals surface area contributed by atoms with Crippen molar-refractivity contribution < 1.29 is 9.53 Å². The molecular weight excluding hydrogens is 292 g/mol. The van der Waals surface area contributed by atoms with Gasteiger partial charge in [-0.1, -0.05) is 30.3 Å². The highest BCUT2D eigenvalue weighted by molar-refractivity contribution is 5.81. The van der Waals surface area contributed by atoms with E-state index in [2.05, 4.69) is 15.3 Å². The zero-order chi connectivity index (χ0) is 16.2. The molecule has 1 amide bonds. The largest absolute Gasteiger partial charge is 0.366 e. The van der Waals surface area contributed by atoms with Gasteiger partial charge in [0.2, 0.25) is 0 Å². The Kier molecular flexibility index (Phi) is 4.73. The van der Waals surface area contributed by atoms with Crippen molar-refractivity contribution in [2.24, 2.45) is 7.05 Å². The molecule has 1 aromatic carbocycles. The summed E-state index contributed by atoms with van der Waals surface area (Å²) in [5.41, 5.74) is 2.94. The third-order valence-corrected chi connectivity index (χ3v) is 3.97. The summed E-state index contributed by atoms with van der Waals surface area (Å²) >= 11 is 0. The maximum absolute atomic E-state index is 12.3. The smallest absolute Gasteiger partial charge is 0.250 e. The Hall–Kier alpha value is -2.18. The van der Waals surface area contributed by atoms with Gasteiger partial charge in [-0.3, -0.25) is 9.48 Å². The summed E-state index contributed by atoms with van der Waals surface area (Å²) in [6.45, 7) is 2.53. The van der Waals surface area contributed by atoms with Crippen LogP contribution in [-0.4, -0.2) is 53.4 Å². The van der Waals surface area contributed by atoms with Gasteiger partial charge in [0.05, 0.1) is 12.3 Å². The topological polar surface area (TPSA) is 59.4 Å². The van der Waals surface area contributed by atoms with Gasteiger partial charge in [-0.2, -0.15) is 5.10 Å². The number of morpholine rings is 1. The lowest BCUT2D eigenvalue weighted by atomic mass is 10.1. The average molecular weight is 314 g/mol. The Morgan fingerprint density at radius 3 is 2.87 bits per heavy atom. The first-order chi connectivity index (χ1) is 11.1. The predicted octanol–water partition coefficient (Wildman–Crippen LogP) is 1.03. The molecule has 0 saturated carbocycles. The van der Waals surface area contributed by atoms with E-state index in [1.165, 1.54) is 0 Å². The highest BCUT2D eigenvalue weighted by Gasteiger charge is 2.24. The van der Waals surface area contributed by atoms with Crippen LogP contribution in [0.1, 0.15) is 5.56 Å². The molecule has 1 atom stereocenters. The molecule has 6 heteroatoms. The second-order valence-corrected chi connectivity index (χ2v) is 5.88. The van der Waals surface area contributed by atoms with E-state index in [4.69, 9.17) is 4.74 Å². The van der Waals surface area contributed by atoms with Gasteiger partial charge in [0, 0.05) is 44.0 Å². The number of carbonyl (C=O) groups excluding carboxylic acids is 1.